The van der Waals surface area contributed by atoms with Gasteiger partial charge in [0.1, 0.15) is 6.42 Å². The molecule has 1 rings (SSSR count). The summed E-state index contributed by atoms with van der Waals surface area (Å²) in [6.07, 6.45) is -1.09. The van der Waals surface area contributed by atoms with Crippen molar-refractivity contribution in [2.24, 2.45) is 0 Å². The normalized spacial score (nSPS) is 26.4. The first-order valence-electron chi connectivity index (χ1n) is 4.78. The number of carbonyl (C=O) groups is 2. The van der Waals surface area contributed by atoms with Crippen molar-refractivity contribution in [2.75, 3.05) is 19.7 Å². The second-order valence-corrected chi connectivity index (χ2v) is 3.62. The van der Waals surface area contributed by atoms with E-state index in [4.69, 9.17) is 14.9 Å². The average Bonchev–Trinajstić information content (AvgIpc) is 2.15. The minimum atomic E-state index is -1.14. The highest BCUT2D eigenvalue weighted by Gasteiger charge is 2.28. The molecule has 1 amide bonds. The summed E-state index contributed by atoms with van der Waals surface area (Å²) in [6.45, 7) is 2.25. The van der Waals surface area contributed by atoms with Crippen molar-refractivity contribution in [1.82, 2.24) is 4.90 Å². The van der Waals surface area contributed by atoms with Crippen LogP contribution in [0.3, 0.4) is 0 Å². The highest BCUT2D eigenvalue weighted by molar-refractivity contribution is 5.93. The number of aliphatic carboxylic acids is 1. The summed E-state index contributed by atoms with van der Waals surface area (Å²) in [5.41, 5.74) is 0. The summed E-state index contributed by atoms with van der Waals surface area (Å²) in [4.78, 5) is 23.2. The molecule has 15 heavy (non-hydrogen) atoms. The first-order chi connectivity index (χ1) is 7.02. The molecule has 1 heterocycles. The summed E-state index contributed by atoms with van der Waals surface area (Å²) in [6, 6.07) is 0. The van der Waals surface area contributed by atoms with Crippen molar-refractivity contribution in [3.05, 3.63) is 0 Å². The predicted molar refractivity (Wildman–Crippen MR) is 50.3 cm³/mol. The van der Waals surface area contributed by atoms with Crippen LogP contribution < -0.4 is 0 Å². The molecule has 0 aromatic rings. The van der Waals surface area contributed by atoms with Crippen molar-refractivity contribution in [2.45, 2.75) is 25.6 Å². The lowest BCUT2D eigenvalue weighted by atomic mass is 10.2. The SMILES string of the molecule is CC1CN(C(=O)CC(=O)O)CC(CO)O1. The smallest absolute Gasteiger partial charge is 0.312 e. The highest BCUT2D eigenvalue weighted by atomic mass is 16.5. The second kappa shape index (κ2) is 5.09. The van der Waals surface area contributed by atoms with E-state index in [0.29, 0.717) is 6.54 Å². The third kappa shape index (κ3) is 3.49. The lowest BCUT2D eigenvalue weighted by Crippen LogP contribution is -2.50. The zero-order valence-corrected chi connectivity index (χ0v) is 8.55. The van der Waals surface area contributed by atoms with E-state index >= 15 is 0 Å². The first-order valence-corrected chi connectivity index (χ1v) is 4.78. The second-order valence-electron chi connectivity index (χ2n) is 3.62. The zero-order valence-electron chi connectivity index (χ0n) is 8.55. The standard InChI is InChI=1S/C9H15NO5/c1-6-3-10(4-7(5-11)15-6)8(12)2-9(13)14/h6-7,11H,2-5H2,1H3,(H,13,14). The van der Waals surface area contributed by atoms with Crippen LogP contribution in [0.25, 0.3) is 0 Å². The van der Waals surface area contributed by atoms with Crippen molar-refractivity contribution in [3.8, 4) is 0 Å². The number of carboxylic acids is 1. The molecule has 0 aliphatic carbocycles. The zero-order chi connectivity index (χ0) is 11.4. The lowest BCUT2D eigenvalue weighted by molar-refractivity contribution is -0.153. The minimum Gasteiger partial charge on any atom is -0.481 e. The maximum atomic E-state index is 11.4. The molecule has 0 bridgehead atoms. The Hall–Kier alpha value is -1.14. The van der Waals surface area contributed by atoms with E-state index in [1.54, 1.807) is 6.92 Å². The van der Waals surface area contributed by atoms with Gasteiger partial charge < -0.3 is 19.8 Å². The fraction of sp³-hybridized carbons (Fsp3) is 0.778. The molecule has 1 fully saturated rings. The van der Waals surface area contributed by atoms with Gasteiger partial charge in [0.05, 0.1) is 18.8 Å². The number of amides is 1. The largest absolute Gasteiger partial charge is 0.481 e. The van der Waals surface area contributed by atoms with Crippen LogP contribution in [0.15, 0.2) is 0 Å². The third-order valence-electron chi connectivity index (χ3n) is 2.19. The monoisotopic (exact) mass is 217 g/mol. The third-order valence-corrected chi connectivity index (χ3v) is 2.19. The minimum absolute atomic E-state index is 0.165. The maximum absolute atomic E-state index is 11.4. The summed E-state index contributed by atoms with van der Waals surface area (Å²) >= 11 is 0. The Kier molecular flexibility index (Phi) is 4.05. The molecule has 0 aromatic heterocycles. The molecule has 1 saturated heterocycles. The Balaban J connectivity index is 2.53. The molecule has 2 atom stereocenters. The Bertz CT molecular complexity index is 255. The molecular formula is C9H15NO5. The summed E-state index contributed by atoms with van der Waals surface area (Å²) in [7, 11) is 0. The molecular weight excluding hydrogens is 202 g/mol. The summed E-state index contributed by atoms with van der Waals surface area (Å²) in [5.74, 6) is -1.57. The van der Waals surface area contributed by atoms with E-state index in [2.05, 4.69) is 0 Å². The average molecular weight is 217 g/mol. The number of carbonyl (C=O) groups excluding carboxylic acids is 1. The van der Waals surface area contributed by atoms with Gasteiger partial charge in [-0.25, -0.2) is 0 Å². The van der Waals surface area contributed by atoms with E-state index in [1.165, 1.54) is 4.90 Å². The number of rotatable bonds is 3. The Morgan fingerprint density at radius 2 is 2.13 bits per heavy atom. The van der Waals surface area contributed by atoms with E-state index in [9.17, 15) is 9.59 Å². The molecule has 0 saturated carbocycles. The highest BCUT2D eigenvalue weighted by Crippen LogP contribution is 2.11. The van der Waals surface area contributed by atoms with Gasteiger partial charge in [-0.2, -0.15) is 0 Å². The van der Waals surface area contributed by atoms with Gasteiger partial charge in [0.15, 0.2) is 0 Å². The number of ether oxygens (including phenoxy) is 1. The van der Waals surface area contributed by atoms with E-state index in [1.807, 2.05) is 0 Å². The number of hydrogen-bond donors (Lipinski definition) is 2. The van der Waals surface area contributed by atoms with E-state index in [-0.39, 0.29) is 19.3 Å². The molecule has 1 aliphatic rings. The number of aliphatic hydroxyl groups is 1. The first kappa shape index (κ1) is 11.9. The van der Waals surface area contributed by atoms with E-state index in [0.717, 1.165) is 0 Å². The van der Waals surface area contributed by atoms with Crippen molar-refractivity contribution >= 4 is 11.9 Å². The van der Waals surface area contributed by atoms with Gasteiger partial charge in [-0.15, -0.1) is 0 Å². The van der Waals surface area contributed by atoms with Gasteiger partial charge in [-0.3, -0.25) is 9.59 Å². The van der Waals surface area contributed by atoms with Crippen molar-refractivity contribution in [3.63, 3.8) is 0 Å². The van der Waals surface area contributed by atoms with Crippen LogP contribution in [0.2, 0.25) is 0 Å². The predicted octanol–water partition coefficient (Wildman–Crippen LogP) is -0.931. The summed E-state index contributed by atoms with van der Waals surface area (Å²) in [5, 5.41) is 17.4. The van der Waals surface area contributed by atoms with Crippen LogP contribution in [0.1, 0.15) is 13.3 Å². The van der Waals surface area contributed by atoms with Gasteiger partial charge >= 0.3 is 5.97 Å². The number of aliphatic hydroxyl groups excluding tert-OH is 1. The quantitative estimate of drug-likeness (QED) is 0.596. The number of hydrogen-bond acceptors (Lipinski definition) is 4. The molecule has 0 aromatic carbocycles. The fourth-order valence-electron chi connectivity index (χ4n) is 1.59. The topological polar surface area (TPSA) is 87.1 Å². The molecule has 0 spiro atoms. The number of nitrogens with zero attached hydrogens (tertiary/aromatic N) is 1. The van der Waals surface area contributed by atoms with Crippen LogP contribution in [-0.4, -0.2) is 58.9 Å². The van der Waals surface area contributed by atoms with Gasteiger partial charge in [0.2, 0.25) is 5.91 Å². The van der Waals surface area contributed by atoms with E-state index < -0.39 is 24.4 Å². The summed E-state index contributed by atoms with van der Waals surface area (Å²) < 4.78 is 5.33. The van der Waals surface area contributed by atoms with Gasteiger partial charge in [-0.05, 0) is 6.92 Å². The molecule has 6 heteroatoms. The van der Waals surface area contributed by atoms with Gasteiger partial charge in [0, 0.05) is 13.1 Å². The van der Waals surface area contributed by atoms with Gasteiger partial charge in [-0.1, -0.05) is 0 Å². The van der Waals surface area contributed by atoms with Crippen LogP contribution >= 0.6 is 0 Å². The molecule has 2 N–H and O–H groups in total. The Morgan fingerprint density at radius 1 is 1.47 bits per heavy atom. The van der Waals surface area contributed by atoms with Gasteiger partial charge in [0.25, 0.3) is 0 Å². The number of morpholine rings is 1. The van der Waals surface area contributed by atoms with Crippen LogP contribution in [0, 0.1) is 0 Å². The van der Waals surface area contributed by atoms with Crippen LogP contribution in [-0.2, 0) is 14.3 Å². The molecule has 6 nitrogen and oxygen atoms in total. The number of carboxylic acid groups (broad SMARTS) is 1. The maximum Gasteiger partial charge on any atom is 0.312 e. The molecule has 1 aliphatic heterocycles. The van der Waals surface area contributed by atoms with Crippen LogP contribution in [0.4, 0.5) is 0 Å². The van der Waals surface area contributed by atoms with Crippen molar-refractivity contribution in [1.29, 1.82) is 0 Å². The van der Waals surface area contributed by atoms with Crippen LogP contribution in [0.5, 0.6) is 0 Å². The molecule has 2 unspecified atom stereocenters. The molecule has 86 valence electrons. The van der Waals surface area contributed by atoms with Crippen molar-refractivity contribution < 1.29 is 24.5 Å². The molecule has 0 radical (unpaired) electrons. The Labute approximate surface area is 87.4 Å². The Morgan fingerprint density at radius 3 is 2.67 bits per heavy atom. The fourth-order valence-corrected chi connectivity index (χ4v) is 1.59. The lowest BCUT2D eigenvalue weighted by Gasteiger charge is -2.35.